The van der Waals surface area contributed by atoms with E-state index in [0.717, 1.165) is 12.8 Å². The third-order valence-corrected chi connectivity index (χ3v) is 4.45. The van der Waals surface area contributed by atoms with Crippen LogP contribution >= 0.6 is 0 Å². The van der Waals surface area contributed by atoms with Gasteiger partial charge in [0.2, 0.25) is 0 Å². The lowest BCUT2D eigenvalue weighted by molar-refractivity contribution is -0.285. The van der Waals surface area contributed by atoms with Gasteiger partial charge in [0.15, 0.2) is 6.61 Å². The fourth-order valence-electron chi connectivity index (χ4n) is 3.63. The molecule has 0 N–H and O–H groups in total. The van der Waals surface area contributed by atoms with Crippen LogP contribution in [-0.4, -0.2) is 34.8 Å². The van der Waals surface area contributed by atoms with Gasteiger partial charge in [-0.05, 0) is 26.7 Å². The van der Waals surface area contributed by atoms with Gasteiger partial charge in [0, 0.05) is 12.5 Å². The molecule has 0 spiro atoms. The van der Waals surface area contributed by atoms with Crippen LogP contribution in [0, 0.1) is 12.3 Å². The fraction of sp³-hybridized carbons (Fsp3) is 0.824. The van der Waals surface area contributed by atoms with Crippen molar-refractivity contribution in [1.82, 2.24) is 5.06 Å². The summed E-state index contributed by atoms with van der Waals surface area (Å²) in [6, 6.07) is 0.335. The molecule has 2 heterocycles. The maximum Gasteiger partial charge on any atom is 0.330 e. The van der Waals surface area contributed by atoms with Crippen LogP contribution in [0.5, 0.6) is 0 Å². The Hall–Kier alpha value is -1.05. The minimum atomic E-state index is -0.601. The number of terminal acetylenes is 1. The maximum atomic E-state index is 12.4. The lowest BCUT2D eigenvalue weighted by Gasteiger charge is -2.50. The minimum absolute atomic E-state index is 0.0377. The number of hydroxylamine groups is 2. The average molecular weight is 293 g/mol. The van der Waals surface area contributed by atoms with E-state index in [1.165, 1.54) is 25.7 Å². The predicted molar refractivity (Wildman–Crippen MR) is 81.3 cm³/mol. The first-order valence-corrected chi connectivity index (χ1v) is 8.04. The molecule has 2 fully saturated rings. The van der Waals surface area contributed by atoms with Crippen molar-refractivity contribution in [2.24, 2.45) is 0 Å². The quantitative estimate of drug-likeness (QED) is 0.411. The number of rotatable bonds is 7. The van der Waals surface area contributed by atoms with Gasteiger partial charge < -0.3 is 4.74 Å². The molecule has 0 aromatic rings. The number of hydrogen-bond acceptors (Lipinski definition) is 4. The first-order valence-electron chi connectivity index (χ1n) is 8.04. The molecular weight excluding hydrogens is 266 g/mol. The zero-order valence-electron chi connectivity index (χ0n) is 13.5. The van der Waals surface area contributed by atoms with Crippen LogP contribution in [0.25, 0.3) is 0 Å². The molecule has 0 radical (unpaired) electrons. The molecule has 2 saturated heterocycles. The second-order valence-electron chi connectivity index (χ2n) is 6.87. The molecule has 21 heavy (non-hydrogen) atoms. The Morgan fingerprint density at radius 1 is 1.43 bits per heavy atom. The van der Waals surface area contributed by atoms with Crippen LogP contribution in [0.4, 0.5) is 0 Å². The summed E-state index contributed by atoms with van der Waals surface area (Å²) in [6.45, 7) is 6.29. The van der Waals surface area contributed by atoms with Crippen LogP contribution in [0.15, 0.2) is 0 Å². The molecule has 0 aliphatic carbocycles. The van der Waals surface area contributed by atoms with Gasteiger partial charge in [-0.3, -0.25) is 4.84 Å². The van der Waals surface area contributed by atoms with Gasteiger partial charge in [0.05, 0.1) is 5.60 Å². The Bertz CT molecular complexity index is 426. The SMILES string of the molecule is C#CCOC(=O)C12CC(CCCCCC)N1OC(C)(C)C2. The van der Waals surface area contributed by atoms with Crippen molar-refractivity contribution in [3.63, 3.8) is 0 Å². The number of nitrogens with zero attached hydrogens (tertiary/aromatic N) is 1. The van der Waals surface area contributed by atoms with Gasteiger partial charge in [0.1, 0.15) is 5.54 Å². The van der Waals surface area contributed by atoms with Gasteiger partial charge >= 0.3 is 5.97 Å². The number of hydrogen-bond donors (Lipinski definition) is 0. The van der Waals surface area contributed by atoms with E-state index in [4.69, 9.17) is 16.0 Å². The molecule has 0 aromatic carbocycles. The first kappa shape index (κ1) is 16.3. The van der Waals surface area contributed by atoms with E-state index >= 15 is 0 Å². The molecule has 4 heteroatoms. The van der Waals surface area contributed by atoms with Crippen LogP contribution in [0.3, 0.4) is 0 Å². The average Bonchev–Trinajstić information content (AvgIpc) is 2.65. The van der Waals surface area contributed by atoms with E-state index in [1.807, 2.05) is 18.9 Å². The highest BCUT2D eigenvalue weighted by molar-refractivity contribution is 5.83. The van der Waals surface area contributed by atoms with E-state index < -0.39 is 5.54 Å². The summed E-state index contributed by atoms with van der Waals surface area (Å²) >= 11 is 0. The number of esters is 1. The van der Waals surface area contributed by atoms with Crippen LogP contribution < -0.4 is 0 Å². The normalized spacial score (nSPS) is 30.3. The standard InChI is InChI=1S/C17H27NO3/c1-5-7-8-9-10-14-12-17(15(19)20-11-6-2)13-16(3,4)21-18(14)17/h2,14H,5,7-13H2,1,3-4H3. The molecule has 0 bridgehead atoms. The highest BCUT2D eigenvalue weighted by Gasteiger charge is 2.66. The van der Waals surface area contributed by atoms with Crippen molar-refractivity contribution in [3.05, 3.63) is 0 Å². The van der Waals surface area contributed by atoms with Gasteiger partial charge in [-0.15, -0.1) is 6.42 Å². The van der Waals surface area contributed by atoms with E-state index in [9.17, 15) is 4.79 Å². The largest absolute Gasteiger partial charge is 0.451 e. The third-order valence-electron chi connectivity index (χ3n) is 4.45. The summed E-state index contributed by atoms with van der Waals surface area (Å²) < 4.78 is 5.19. The predicted octanol–water partition coefficient (Wildman–Crippen LogP) is 3.06. The summed E-state index contributed by atoms with van der Waals surface area (Å²) in [5, 5.41) is 1.90. The monoisotopic (exact) mass is 293 g/mol. The number of unbranched alkanes of at least 4 members (excludes halogenated alkanes) is 3. The highest BCUT2D eigenvalue weighted by Crippen LogP contribution is 2.52. The van der Waals surface area contributed by atoms with Crippen molar-refractivity contribution in [3.8, 4) is 12.3 Å². The zero-order chi connectivity index (χ0) is 15.5. The summed E-state index contributed by atoms with van der Waals surface area (Å²) in [5.74, 6) is 2.13. The van der Waals surface area contributed by atoms with E-state index in [0.29, 0.717) is 12.5 Å². The van der Waals surface area contributed by atoms with Crippen molar-refractivity contribution < 1.29 is 14.4 Å². The smallest absolute Gasteiger partial charge is 0.330 e. The van der Waals surface area contributed by atoms with E-state index in [-0.39, 0.29) is 18.2 Å². The summed E-state index contributed by atoms with van der Waals surface area (Å²) in [6.07, 6.45) is 12.7. The fourth-order valence-corrected chi connectivity index (χ4v) is 3.63. The van der Waals surface area contributed by atoms with Gasteiger partial charge in [0.25, 0.3) is 0 Å². The lowest BCUT2D eigenvalue weighted by atomic mass is 9.74. The molecule has 118 valence electrons. The lowest BCUT2D eigenvalue weighted by Crippen LogP contribution is -2.66. The molecule has 2 aliphatic heterocycles. The summed E-state index contributed by atoms with van der Waals surface area (Å²) in [5.41, 5.74) is -0.914. The van der Waals surface area contributed by atoms with Crippen molar-refractivity contribution in [1.29, 1.82) is 0 Å². The van der Waals surface area contributed by atoms with Crippen LogP contribution in [0.1, 0.15) is 65.7 Å². The number of fused-ring (bicyclic) bond motifs is 1. The molecule has 2 unspecified atom stereocenters. The minimum Gasteiger partial charge on any atom is -0.451 e. The van der Waals surface area contributed by atoms with E-state index in [1.54, 1.807) is 0 Å². The first-order chi connectivity index (χ1) is 9.95. The molecular formula is C17H27NO3. The Balaban J connectivity index is 1.95. The Labute approximate surface area is 128 Å². The molecule has 0 amide bonds. The second-order valence-corrected chi connectivity index (χ2v) is 6.87. The van der Waals surface area contributed by atoms with Gasteiger partial charge in [-0.1, -0.05) is 38.5 Å². The third kappa shape index (κ3) is 3.25. The van der Waals surface area contributed by atoms with Crippen LogP contribution in [-0.2, 0) is 14.4 Å². The zero-order valence-corrected chi connectivity index (χ0v) is 13.5. The summed E-state index contributed by atoms with van der Waals surface area (Å²) in [4.78, 5) is 18.4. The van der Waals surface area contributed by atoms with E-state index in [2.05, 4.69) is 12.8 Å². The molecule has 2 atom stereocenters. The second kappa shape index (κ2) is 6.37. The van der Waals surface area contributed by atoms with Crippen molar-refractivity contribution in [2.75, 3.05) is 6.61 Å². The molecule has 2 rings (SSSR count). The molecule has 0 saturated carbocycles. The summed E-state index contributed by atoms with van der Waals surface area (Å²) in [7, 11) is 0. The molecule has 2 aliphatic rings. The Kier molecular flexibility index (Phi) is 4.95. The topological polar surface area (TPSA) is 38.8 Å². The van der Waals surface area contributed by atoms with Crippen molar-refractivity contribution in [2.45, 2.75) is 82.9 Å². The number of ether oxygens (including phenoxy) is 1. The van der Waals surface area contributed by atoms with Crippen molar-refractivity contribution >= 4 is 5.97 Å². The highest BCUT2D eigenvalue weighted by atomic mass is 16.7. The van der Waals surface area contributed by atoms with Gasteiger partial charge in [-0.25, -0.2) is 4.79 Å². The Morgan fingerprint density at radius 2 is 2.19 bits per heavy atom. The van der Waals surface area contributed by atoms with Gasteiger partial charge in [-0.2, -0.15) is 5.06 Å². The molecule has 0 aromatic heterocycles. The number of carbonyl (C=O) groups excluding carboxylic acids is 1. The Morgan fingerprint density at radius 3 is 2.86 bits per heavy atom. The molecule has 4 nitrogen and oxygen atoms in total. The number of carbonyl (C=O) groups is 1. The van der Waals surface area contributed by atoms with Crippen LogP contribution in [0.2, 0.25) is 0 Å². The maximum absolute atomic E-state index is 12.4.